The summed E-state index contributed by atoms with van der Waals surface area (Å²) in [5, 5.41) is 0. The van der Waals surface area contributed by atoms with Crippen molar-refractivity contribution in [3.63, 3.8) is 0 Å². The first-order chi connectivity index (χ1) is 12.6. The molecule has 0 bridgehead atoms. The van der Waals surface area contributed by atoms with Crippen molar-refractivity contribution in [2.75, 3.05) is 48.8 Å². The van der Waals surface area contributed by atoms with E-state index in [1.54, 1.807) is 12.1 Å². The van der Waals surface area contributed by atoms with Gasteiger partial charge in [-0.2, -0.15) is 0 Å². The second-order valence-electron chi connectivity index (χ2n) is 5.97. The molecule has 1 fully saturated rings. The highest BCUT2D eigenvalue weighted by Crippen LogP contribution is 2.26. The lowest BCUT2D eigenvalue weighted by Crippen LogP contribution is -2.46. The number of hydrogen-bond acceptors (Lipinski definition) is 7. The Labute approximate surface area is 160 Å². The zero-order valence-corrected chi connectivity index (χ0v) is 16.2. The van der Waals surface area contributed by atoms with Gasteiger partial charge in [-0.05, 0) is 30.8 Å². The summed E-state index contributed by atoms with van der Waals surface area (Å²) in [7, 11) is 0. The number of hydrazine groups is 1. The standard InChI is InChI=1S/C17H22BrN7O/c1-2-24-7-9-25(10-8-24)16-14(19)15(20-11-21-16)22-23-17(26)12-3-5-13(18)6-4-12/h3-6,11H,2,7-10,19H2,1H3,(H,23,26)(H,20,21,22). The summed E-state index contributed by atoms with van der Waals surface area (Å²) < 4.78 is 0.912. The zero-order chi connectivity index (χ0) is 18.5. The molecular weight excluding hydrogens is 398 g/mol. The Morgan fingerprint density at radius 2 is 1.88 bits per heavy atom. The maximum absolute atomic E-state index is 12.2. The second-order valence-corrected chi connectivity index (χ2v) is 6.88. The van der Waals surface area contributed by atoms with Crippen molar-refractivity contribution in [2.24, 2.45) is 0 Å². The van der Waals surface area contributed by atoms with Crippen molar-refractivity contribution in [1.82, 2.24) is 20.3 Å². The number of halogens is 1. The van der Waals surface area contributed by atoms with Crippen LogP contribution in [0.5, 0.6) is 0 Å². The SMILES string of the molecule is CCN1CCN(c2ncnc(NNC(=O)c3ccc(Br)cc3)c2N)CC1. The molecule has 138 valence electrons. The number of hydrogen-bond donors (Lipinski definition) is 3. The van der Waals surface area contributed by atoms with E-state index in [4.69, 9.17) is 5.73 Å². The molecule has 0 unspecified atom stereocenters. The number of likely N-dealkylation sites (N-methyl/N-ethyl adjacent to an activating group) is 1. The average molecular weight is 420 g/mol. The molecule has 8 nitrogen and oxygen atoms in total. The van der Waals surface area contributed by atoms with E-state index in [-0.39, 0.29) is 5.91 Å². The van der Waals surface area contributed by atoms with E-state index in [1.165, 1.54) is 6.33 Å². The zero-order valence-electron chi connectivity index (χ0n) is 14.6. The number of nitrogens with zero attached hydrogens (tertiary/aromatic N) is 4. The van der Waals surface area contributed by atoms with Crippen LogP contribution in [0.2, 0.25) is 0 Å². The van der Waals surface area contributed by atoms with Gasteiger partial charge in [-0.25, -0.2) is 9.97 Å². The lowest BCUT2D eigenvalue weighted by atomic mass is 10.2. The average Bonchev–Trinajstić information content (AvgIpc) is 2.67. The Hall–Kier alpha value is -2.39. The van der Waals surface area contributed by atoms with Crippen molar-refractivity contribution in [1.29, 1.82) is 0 Å². The first-order valence-corrected chi connectivity index (χ1v) is 9.27. The molecule has 1 saturated heterocycles. The van der Waals surface area contributed by atoms with E-state index in [0.29, 0.717) is 22.9 Å². The van der Waals surface area contributed by atoms with Crippen molar-refractivity contribution >= 4 is 39.2 Å². The number of anilines is 3. The van der Waals surface area contributed by atoms with Gasteiger partial charge in [-0.15, -0.1) is 0 Å². The van der Waals surface area contributed by atoms with E-state index in [1.807, 2.05) is 12.1 Å². The van der Waals surface area contributed by atoms with Crippen LogP contribution in [-0.2, 0) is 0 Å². The third kappa shape index (κ3) is 4.23. The first-order valence-electron chi connectivity index (χ1n) is 8.48. The Morgan fingerprint density at radius 3 is 2.54 bits per heavy atom. The van der Waals surface area contributed by atoms with Gasteiger partial charge in [-0.3, -0.25) is 15.6 Å². The predicted octanol–water partition coefficient (Wildman–Crippen LogP) is 1.72. The fourth-order valence-electron chi connectivity index (χ4n) is 2.80. The highest BCUT2D eigenvalue weighted by Gasteiger charge is 2.20. The van der Waals surface area contributed by atoms with Crippen molar-refractivity contribution in [3.8, 4) is 0 Å². The molecule has 9 heteroatoms. The predicted molar refractivity (Wildman–Crippen MR) is 106 cm³/mol. The third-order valence-electron chi connectivity index (χ3n) is 4.38. The number of nitrogens with one attached hydrogen (secondary N) is 2. The largest absolute Gasteiger partial charge is 0.393 e. The van der Waals surface area contributed by atoms with Crippen molar-refractivity contribution in [3.05, 3.63) is 40.6 Å². The monoisotopic (exact) mass is 419 g/mol. The summed E-state index contributed by atoms with van der Waals surface area (Å²) in [6.07, 6.45) is 1.45. The van der Waals surface area contributed by atoms with Gasteiger partial charge in [0.1, 0.15) is 12.0 Å². The number of aromatic nitrogens is 2. The van der Waals surface area contributed by atoms with Crippen LogP contribution < -0.4 is 21.5 Å². The number of rotatable bonds is 5. The molecule has 4 N–H and O–H groups in total. The van der Waals surface area contributed by atoms with Gasteiger partial charge in [0.15, 0.2) is 11.6 Å². The van der Waals surface area contributed by atoms with Crippen LogP contribution in [0.1, 0.15) is 17.3 Å². The summed E-state index contributed by atoms with van der Waals surface area (Å²) in [5.41, 5.74) is 12.6. The highest BCUT2D eigenvalue weighted by atomic mass is 79.9. The van der Waals surface area contributed by atoms with E-state index >= 15 is 0 Å². The lowest BCUT2D eigenvalue weighted by Gasteiger charge is -2.35. The van der Waals surface area contributed by atoms with Gasteiger partial charge >= 0.3 is 0 Å². The number of amides is 1. The molecule has 0 spiro atoms. The van der Waals surface area contributed by atoms with Crippen molar-refractivity contribution < 1.29 is 4.79 Å². The molecule has 1 aliphatic rings. The molecule has 0 aliphatic carbocycles. The number of nitrogen functional groups attached to an aromatic ring is 1. The third-order valence-corrected chi connectivity index (χ3v) is 4.91. The van der Waals surface area contributed by atoms with E-state index < -0.39 is 0 Å². The fraction of sp³-hybridized carbons (Fsp3) is 0.353. The molecule has 1 aromatic heterocycles. The summed E-state index contributed by atoms with van der Waals surface area (Å²) in [6.45, 7) is 6.87. The van der Waals surface area contributed by atoms with Crippen LogP contribution in [0.3, 0.4) is 0 Å². The molecule has 2 heterocycles. The molecule has 26 heavy (non-hydrogen) atoms. The summed E-state index contributed by atoms with van der Waals surface area (Å²) in [6, 6.07) is 7.07. The minimum absolute atomic E-state index is 0.270. The Balaban J connectivity index is 1.65. The molecule has 1 aromatic carbocycles. The van der Waals surface area contributed by atoms with Gasteiger partial charge in [0.05, 0.1) is 0 Å². The minimum Gasteiger partial charge on any atom is -0.393 e. The first kappa shape index (κ1) is 18.4. The van der Waals surface area contributed by atoms with Gasteiger partial charge in [0.25, 0.3) is 5.91 Å². The molecular formula is C17H22BrN7O. The topological polar surface area (TPSA) is 99.4 Å². The maximum atomic E-state index is 12.2. The number of piperazine rings is 1. The van der Waals surface area contributed by atoms with Gasteiger partial charge in [0.2, 0.25) is 0 Å². The van der Waals surface area contributed by atoms with Crippen LogP contribution in [0.4, 0.5) is 17.3 Å². The molecule has 0 saturated carbocycles. The lowest BCUT2D eigenvalue weighted by molar-refractivity contribution is 0.0962. The van der Waals surface area contributed by atoms with Crippen LogP contribution in [0, 0.1) is 0 Å². The molecule has 0 atom stereocenters. The quantitative estimate of drug-likeness (QED) is 0.634. The van der Waals surface area contributed by atoms with Crippen LogP contribution >= 0.6 is 15.9 Å². The number of carbonyl (C=O) groups is 1. The van der Waals surface area contributed by atoms with Gasteiger partial charge in [-0.1, -0.05) is 22.9 Å². The van der Waals surface area contributed by atoms with Crippen LogP contribution in [0.15, 0.2) is 35.1 Å². The smallest absolute Gasteiger partial charge is 0.269 e. The summed E-state index contributed by atoms with van der Waals surface area (Å²) in [5.74, 6) is 0.808. The fourth-order valence-corrected chi connectivity index (χ4v) is 3.07. The minimum atomic E-state index is -0.270. The number of nitrogens with two attached hydrogens (primary N) is 1. The molecule has 2 aromatic rings. The highest BCUT2D eigenvalue weighted by molar-refractivity contribution is 9.10. The molecule has 1 aliphatic heterocycles. The van der Waals surface area contributed by atoms with E-state index in [2.05, 4.69) is 53.5 Å². The van der Waals surface area contributed by atoms with Crippen molar-refractivity contribution in [2.45, 2.75) is 6.92 Å². The summed E-state index contributed by atoms with van der Waals surface area (Å²) >= 11 is 3.35. The van der Waals surface area contributed by atoms with Gasteiger partial charge < -0.3 is 15.5 Å². The summed E-state index contributed by atoms with van der Waals surface area (Å²) in [4.78, 5) is 25.2. The number of carbonyl (C=O) groups excluding carboxylic acids is 1. The molecule has 3 rings (SSSR count). The molecule has 1 amide bonds. The molecule has 0 radical (unpaired) electrons. The number of benzene rings is 1. The Bertz CT molecular complexity index is 760. The normalized spacial score (nSPS) is 14.9. The Morgan fingerprint density at radius 1 is 1.19 bits per heavy atom. The van der Waals surface area contributed by atoms with E-state index in [9.17, 15) is 4.79 Å². The van der Waals surface area contributed by atoms with Gasteiger partial charge in [0, 0.05) is 36.2 Å². The maximum Gasteiger partial charge on any atom is 0.269 e. The second kappa shape index (κ2) is 8.33. The van der Waals surface area contributed by atoms with Crippen LogP contribution in [-0.4, -0.2) is 53.5 Å². The van der Waals surface area contributed by atoms with Crippen LogP contribution in [0.25, 0.3) is 0 Å². The Kier molecular flexibility index (Phi) is 5.89. The van der Waals surface area contributed by atoms with E-state index in [0.717, 1.165) is 37.2 Å².